The number of nitrogens with zero attached hydrogens (tertiary/aromatic N) is 1. The fourth-order valence-electron chi connectivity index (χ4n) is 1.90. The minimum Gasteiger partial charge on any atom is -0.486 e. The summed E-state index contributed by atoms with van der Waals surface area (Å²) in [6.45, 7) is 4.27. The number of fused-ring (bicyclic) bond motifs is 1. The summed E-state index contributed by atoms with van der Waals surface area (Å²) in [5.74, 6) is 0.951. The molecular formula is C13H17NO5S. The number of aliphatic hydroxyl groups is 1. The average Bonchev–Trinajstić information content (AvgIpc) is 2.46. The van der Waals surface area contributed by atoms with E-state index in [2.05, 4.69) is 6.58 Å². The molecule has 1 aliphatic heterocycles. The summed E-state index contributed by atoms with van der Waals surface area (Å²) < 4.78 is 36.8. The van der Waals surface area contributed by atoms with Gasteiger partial charge in [0.05, 0.1) is 11.5 Å². The maximum absolute atomic E-state index is 12.5. The van der Waals surface area contributed by atoms with Gasteiger partial charge in [-0.1, -0.05) is 6.08 Å². The van der Waals surface area contributed by atoms with E-state index in [0.29, 0.717) is 24.7 Å². The van der Waals surface area contributed by atoms with Gasteiger partial charge in [0.25, 0.3) is 0 Å². The minimum atomic E-state index is -3.69. The van der Waals surface area contributed by atoms with Crippen LogP contribution in [0.5, 0.6) is 11.5 Å². The fourth-order valence-corrected chi connectivity index (χ4v) is 3.32. The fraction of sp³-hybridized carbons (Fsp3) is 0.385. The normalized spacial score (nSPS) is 14.3. The lowest BCUT2D eigenvalue weighted by Crippen LogP contribution is -2.33. The maximum Gasteiger partial charge on any atom is 0.243 e. The monoisotopic (exact) mass is 299 g/mol. The van der Waals surface area contributed by atoms with Crippen LogP contribution in [0.4, 0.5) is 0 Å². The number of hydrogen-bond acceptors (Lipinski definition) is 5. The third kappa shape index (κ3) is 2.95. The Hall–Kier alpha value is -1.57. The smallest absolute Gasteiger partial charge is 0.243 e. The van der Waals surface area contributed by atoms with Gasteiger partial charge >= 0.3 is 0 Å². The molecule has 0 saturated carbocycles. The van der Waals surface area contributed by atoms with Crippen molar-refractivity contribution >= 4 is 10.0 Å². The Morgan fingerprint density at radius 1 is 1.30 bits per heavy atom. The molecule has 0 bridgehead atoms. The molecule has 0 atom stereocenters. The van der Waals surface area contributed by atoms with Gasteiger partial charge in [0.2, 0.25) is 10.0 Å². The highest BCUT2D eigenvalue weighted by Gasteiger charge is 2.25. The molecule has 0 unspecified atom stereocenters. The second kappa shape index (κ2) is 6.25. The lowest BCUT2D eigenvalue weighted by Gasteiger charge is -2.22. The predicted octanol–water partition coefficient (Wildman–Crippen LogP) is 0.627. The van der Waals surface area contributed by atoms with Crippen molar-refractivity contribution < 1.29 is 23.0 Å². The molecule has 6 nitrogen and oxygen atoms in total. The zero-order chi connectivity index (χ0) is 14.6. The van der Waals surface area contributed by atoms with Gasteiger partial charge in [-0.25, -0.2) is 8.42 Å². The number of sulfonamides is 1. The SMILES string of the molecule is C=CCN(CCO)S(=O)(=O)c1ccc2c(c1)OCCO2. The Balaban J connectivity index is 2.35. The molecule has 1 N–H and O–H groups in total. The van der Waals surface area contributed by atoms with Gasteiger partial charge in [-0.15, -0.1) is 6.58 Å². The van der Waals surface area contributed by atoms with Crippen LogP contribution in [0.3, 0.4) is 0 Å². The first-order chi connectivity index (χ1) is 9.59. The summed E-state index contributed by atoms with van der Waals surface area (Å²) in [5.41, 5.74) is 0. The van der Waals surface area contributed by atoms with Crippen molar-refractivity contribution in [3.8, 4) is 11.5 Å². The molecule has 0 radical (unpaired) electrons. The maximum atomic E-state index is 12.5. The molecule has 0 amide bonds. The lowest BCUT2D eigenvalue weighted by molar-refractivity contribution is 0.171. The highest BCUT2D eigenvalue weighted by atomic mass is 32.2. The molecule has 1 heterocycles. The van der Waals surface area contributed by atoms with Crippen molar-refractivity contribution in [2.24, 2.45) is 0 Å². The summed E-state index contributed by atoms with van der Waals surface area (Å²) in [7, 11) is -3.69. The summed E-state index contributed by atoms with van der Waals surface area (Å²) in [6, 6.07) is 4.49. The van der Waals surface area contributed by atoms with E-state index < -0.39 is 10.0 Å². The molecule has 0 spiro atoms. The molecule has 1 aromatic carbocycles. The van der Waals surface area contributed by atoms with E-state index in [-0.39, 0.29) is 24.6 Å². The largest absolute Gasteiger partial charge is 0.486 e. The molecule has 0 aliphatic carbocycles. The molecule has 1 aliphatic rings. The van der Waals surface area contributed by atoms with Gasteiger partial charge in [0.1, 0.15) is 13.2 Å². The Kier molecular flexibility index (Phi) is 4.64. The highest BCUT2D eigenvalue weighted by Crippen LogP contribution is 2.33. The van der Waals surface area contributed by atoms with Crippen molar-refractivity contribution in [2.45, 2.75) is 4.90 Å². The van der Waals surface area contributed by atoms with Gasteiger partial charge in [0.15, 0.2) is 11.5 Å². The lowest BCUT2D eigenvalue weighted by atomic mass is 10.3. The topological polar surface area (TPSA) is 76.1 Å². The molecule has 0 saturated heterocycles. The Labute approximate surface area is 118 Å². The number of hydrogen-bond donors (Lipinski definition) is 1. The zero-order valence-electron chi connectivity index (χ0n) is 11.0. The first kappa shape index (κ1) is 14.8. The van der Waals surface area contributed by atoms with Crippen LogP contribution in [0.2, 0.25) is 0 Å². The molecule has 1 aromatic rings. The van der Waals surface area contributed by atoms with Gasteiger partial charge in [-0.2, -0.15) is 4.31 Å². The van der Waals surface area contributed by atoms with Crippen molar-refractivity contribution in [3.05, 3.63) is 30.9 Å². The number of ether oxygens (including phenoxy) is 2. The molecular weight excluding hydrogens is 282 g/mol. The number of benzene rings is 1. The van der Waals surface area contributed by atoms with Crippen molar-refractivity contribution in [1.82, 2.24) is 4.31 Å². The van der Waals surface area contributed by atoms with Crippen LogP contribution in [0, 0.1) is 0 Å². The van der Waals surface area contributed by atoms with Crippen LogP contribution in [0.25, 0.3) is 0 Å². The zero-order valence-corrected chi connectivity index (χ0v) is 11.8. The van der Waals surface area contributed by atoms with Crippen molar-refractivity contribution in [1.29, 1.82) is 0 Å². The molecule has 7 heteroatoms. The van der Waals surface area contributed by atoms with E-state index in [4.69, 9.17) is 14.6 Å². The first-order valence-corrected chi connectivity index (χ1v) is 7.65. The number of rotatable bonds is 6. The highest BCUT2D eigenvalue weighted by molar-refractivity contribution is 7.89. The van der Waals surface area contributed by atoms with Gasteiger partial charge in [0, 0.05) is 19.2 Å². The Morgan fingerprint density at radius 2 is 2.00 bits per heavy atom. The summed E-state index contributed by atoms with van der Waals surface area (Å²) >= 11 is 0. The minimum absolute atomic E-state index is 0.0167. The van der Waals surface area contributed by atoms with Crippen LogP contribution in [-0.4, -0.2) is 50.7 Å². The van der Waals surface area contributed by atoms with Gasteiger partial charge < -0.3 is 14.6 Å². The molecule has 0 aromatic heterocycles. The van der Waals surface area contributed by atoms with Crippen LogP contribution in [0.1, 0.15) is 0 Å². The van der Waals surface area contributed by atoms with Gasteiger partial charge in [-0.05, 0) is 12.1 Å². The van der Waals surface area contributed by atoms with Gasteiger partial charge in [-0.3, -0.25) is 0 Å². The van der Waals surface area contributed by atoms with E-state index in [1.165, 1.54) is 18.2 Å². The van der Waals surface area contributed by atoms with E-state index >= 15 is 0 Å². The van der Waals surface area contributed by atoms with Crippen LogP contribution in [0.15, 0.2) is 35.7 Å². The summed E-state index contributed by atoms with van der Waals surface area (Å²) in [6.07, 6.45) is 1.48. The molecule has 0 fully saturated rings. The first-order valence-electron chi connectivity index (χ1n) is 6.21. The predicted molar refractivity (Wildman–Crippen MR) is 73.5 cm³/mol. The second-order valence-electron chi connectivity index (χ2n) is 4.18. The van der Waals surface area contributed by atoms with Crippen LogP contribution >= 0.6 is 0 Å². The van der Waals surface area contributed by atoms with E-state index in [1.807, 2.05) is 0 Å². The van der Waals surface area contributed by atoms with Crippen molar-refractivity contribution in [3.63, 3.8) is 0 Å². The molecule has 20 heavy (non-hydrogen) atoms. The summed E-state index contributed by atoms with van der Waals surface area (Å²) in [5, 5.41) is 8.98. The standard InChI is InChI=1S/C13H17NO5S/c1-2-5-14(6-7-15)20(16,17)11-3-4-12-13(10-11)19-9-8-18-12/h2-4,10,15H,1,5-9H2. The third-order valence-corrected chi connectivity index (χ3v) is 4.69. The molecule has 2 rings (SSSR count). The van der Waals surface area contributed by atoms with E-state index in [1.54, 1.807) is 6.07 Å². The van der Waals surface area contributed by atoms with Crippen molar-refractivity contribution in [2.75, 3.05) is 32.9 Å². The van der Waals surface area contributed by atoms with E-state index in [0.717, 1.165) is 4.31 Å². The second-order valence-corrected chi connectivity index (χ2v) is 6.12. The average molecular weight is 299 g/mol. The number of aliphatic hydroxyl groups excluding tert-OH is 1. The third-order valence-electron chi connectivity index (χ3n) is 2.83. The van der Waals surface area contributed by atoms with Crippen LogP contribution in [-0.2, 0) is 10.0 Å². The Morgan fingerprint density at radius 3 is 2.65 bits per heavy atom. The quantitative estimate of drug-likeness (QED) is 0.780. The molecule has 110 valence electrons. The Bertz CT molecular complexity index is 584. The van der Waals surface area contributed by atoms with Crippen LogP contribution < -0.4 is 9.47 Å². The summed E-state index contributed by atoms with van der Waals surface area (Å²) in [4.78, 5) is 0.108. The van der Waals surface area contributed by atoms with E-state index in [9.17, 15) is 8.42 Å².